The van der Waals surface area contributed by atoms with Gasteiger partial charge in [-0.25, -0.2) is 0 Å². The molecule has 0 saturated heterocycles. The molecule has 0 aromatic rings. The first kappa shape index (κ1) is 13.6. The van der Waals surface area contributed by atoms with E-state index in [1.807, 2.05) is 13.8 Å². The van der Waals surface area contributed by atoms with E-state index in [4.69, 9.17) is 4.74 Å². The highest BCUT2D eigenvalue weighted by Gasteiger charge is 2.20. The zero-order chi connectivity index (χ0) is 12.0. The minimum Gasteiger partial charge on any atom is -0.356 e. The zero-order valence-electron chi connectivity index (χ0n) is 11.2. The summed E-state index contributed by atoms with van der Waals surface area (Å²) in [5.41, 5.74) is -0.473. The van der Waals surface area contributed by atoms with Crippen molar-refractivity contribution in [2.75, 3.05) is 7.11 Å². The molecule has 1 saturated carbocycles. The van der Waals surface area contributed by atoms with Crippen molar-refractivity contribution in [2.24, 2.45) is 16.1 Å². The number of hydrogen-bond acceptors (Lipinski definition) is 3. The Labute approximate surface area is 99.7 Å². The van der Waals surface area contributed by atoms with Crippen LogP contribution in [0, 0.1) is 5.92 Å². The molecular formula is C13H26N2O. The number of ether oxygens (including phenoxy) is 1. The second-order valence-corrected chi connectivity index (χ2v) is 5.36. The second-order valence-electron chi connectivity index (χ2n) is 5.36. The molecule has 0 aliphatic heterocycles. The maximum Gasteiger partial charge on any atom is 0.172 e. The van der Waals surface area contributed by atoms with Gasteiger partial charge in [-0.3, -0.25) is 0 Å². The predicted molar refractivity (Wildman–Crippen MR) is 66.6 cm³/mol. The number of methoxy groups -OCH3 is 1. The van der Waals surface area contributed by atoms with Crippen molar-refractivity contribution in [3.05, 3.63) is 0 Å². The largest absolute Gasteiger partial charge is 0.356 e. The average Bonchev–Trinajstić information content (AvgIpc) is 2.54. The van der Waals surface area contributed by atoms with Crippen molar-refractivity contribution < 1.29 is 4.74 Å². The molecule has 16 heavy (non-hydrogen) atoms. The van der Waals surface area contributed by atoms with Gasteiger partial charge in [0.05, 0.1) is 6.04 Å². The fourth-order valence-corrected chi connectivity index (χ4v) is 2.16. The van der Waals surface area contributed by atoms with Crippen LogP contribution in [0.3, 0.4) is 0 Å². The molecule has 1 rings (SSSR count). The van der Waals surface area contributed by atoms with Crippen LogP contribution in [0.1, 0.15) is 59.3 Å². The van der Waals surface area contributed by atoms with E-state index in [0.717, 1.165) is 5.92 Å². The number of rotatable bonds is 4. The quantitative estimate of drug-likeness (QED) is 0.523. The molecule has 94 valence electrons. The number of nitrogens with zero attached hydrogens (tertiary/aromatic N) is 2. The van der Waals surface area contributed by atoms with Crippen molar-refractivity contribution in [2.45, 2.75) is 71.1 Å². The summed E-state index contributed by atoms with van der Waals surface area (Å²) >= 11 is 0. The number of hydrogen-bond donors (Lipinski definition) is 0. The van der Waals surface area contributed by atoms with Crippen LogP contribution >= 0.6 is 0 Å². The van der Waals surface area contributed by atoms with E-state index in [1.165, 1.54) is 38.5 Å². The van der Waals surface area contributed by atoms with Gasteiger partial charge in [0, 0.05) is 7.11 Å². The fourth-order valence-electron chi connectivity index (χ4n) is 2.16. The van der Waals surface area contributed by atoms with Gasteiger partial charge in [-0.1, -0.05) is 25.7 Å². The Hall–Kier alpha value is -0.440. The highest BCUT2D eigenvalue weighted by molar-refractivity contribution is 4.74. The Morgan fingerprint density at radius 2 is 1.69 bits per heavy atom. The predicted octanol–water partition coefficient (Wildman–Crippen LogP) is 4.18. The van der Waals surface area contributed by atoms with Crippen molar-refractivity contribution in [1.82, 2.24) is 0 Å². The Morgan fingerprint density at radius 1 is 1.12 bits per heavy atom. The summed E-state index contributed by atoms with van der Waals surface area (Å²) in [5, 5.41) is 8.72. The summed E-state index contributed by atoms with van der Waals surface area (Å²) in [4.78, 5) is 0. The maximum atomic E-state index is 5.24. The summed E-state index contributed by atoms with van der Waals surface area (Å²) < 4.78 is 5.24. The first-order valence-corrected chi connectivity index (χ1v) is 6.52. The Morgan fingerprint density at radius 3 is 2.19 bits per heavy atom. The smallest absolute Gasteiger partial charge is 0.172 e. The minimum absolute atomic E-state index is 0.340. The molecule has 1 atom stereocenters. The summed E-state index contributed by atoms with van der Waals surface area (Å²) in [7, 11) is 1.68. The monoisotopic (exact) mass is 226 g/mol. The van der Waals surface area contributed by atoms with Gasteiger partial charge in [0.1, 0.15) is 0 Å². The van der Waals surface area contributed by atoms with Crippen molar-refractivity contribution in [3.8, 4) is 0 Å². The number of azo groups is 1. The Bertz CT molecular complexity index is 218. The molecule has 0 spiro atoms. The maximum absolute atomic E-state index is 5.24. The molecule has 0 radical (unpaired) electrons. The van der Waals surface area contributed by atoms with Gasteiger partial charge in [0.25, 0.3) is 0 Å². The van der Waals surface area contributed by atoms with Crippen LogP contribution in [0.15, 0.2) is 10.2 Å². The zero-order valence-corrected chi connectivity index (χ0v) is 11.2. The van der Waals surface area contributed by atoms with E-state index < -0.39 is 5.72 Å². The molecule has 0 heterocycles. The molecule has 1 aliphatic rings. The van der Waals surface area contributed by atoms with Crippen LogP contribution in [0.25, 0.3) is 0 Å². The second kappa shape index (κ2) is 6.33. The lowest BCUT2D eigenvalue weighted by Gasteiger charge is -2.20. The lowest BCUT2D eigenvalue weighted by atomic mass is 9.94. The molecule has 0 aromatic carbocycles. The van der Waals surface area contributed by atoms with Gasteiger partial charge in [-0.2, -0.15) is 10.2 Å². The van der Waals surface area contributed by atoms with Crippen LogP contribution in [0.2, 0.25) is 0 Å². The van der Waals surface area contributed by atoms with E-state index in [2.05, 4.69) is 17.2 Å². The third-order valence-electron chi connectivity index (χ3n) is 3.56. The average molecular weight is 226 g/mol. The van der Waals surface area contributed by atoms with Crippen LogP contribution in [0.5, 0.6) is 0 Å². The standard InChI is InChI=1S/C13H26N2O/c1-11(14-15-13(2,3)16-4)12-9-7-5-6-8-10-12/h11-12H,5-10H2,1-4H3/b15-14+. The van der Waals surface area contributed by atoms with E-state index >= 15 is 0 Å². The van der Waals surface area contributed by atoms with E-state index in [1.54, 1.807) is 7.11 Å². The first-order valence-electron chi connectivity index (χ1n) is 6.52. The van der Waals surface area contributed by atoms with Gasteiger partial charge in [0.2, 0.25) is 0 Å². The molecule has 1 aliphatic carbocycles. The summed E-state index contributed by atoms with van der Waals surface area (Å²) in [6.45, 7) is 6.07. The molecule has 3 heteroatoms. The van der Waals surface area contributed by atoms with Gasteiger partial charge < -0.3 is 4.74 Å². The third kappa shape index (κ3) is 4.60. The van der Waals surface area contributed by atoms with E-state index in [0.29, 0.717) is 6.04 Å². The third-order valence-corrected chi connectivity index (χ3v) is 3.56. The van der Waals surface area contributed by atoms with Crippen molar-refractivity contribution in [1.29, 1.82) is 0 Å². The summed E-state index contributed by atoms with van der Waals surface area (Å²) in [6.07, 6.45) is 8.13. The van der Waals surface area contributed by atoms with Gasteiger partial charge in [-0.05, 0) is 39.5 Å². The van der Waals surface area contributed by atoms with Crippen molar-refractivity contribution in [3.63, 3.8) is 0 Å². The highest BCUT2D eigenvalue weighted by atomic mass is 16.5. The SMILES string of the molecule is COC(C)(C)/N=N/C(C)C1CCCCCC1. The molecule has 1 unspecified atom stereocenters. The minimum atomic E-state index is -0.473. The molecule has 0 bridgehead atoms. The lowest BCUT2D eigenvalue weighted by molar-refractivity contribution is 0.0224. The molecular weight excluding hydrogens is 200 g/mol. The fraction of sp³-hybridized carbons (Fsp3) is 1.00. The van der Waals surface area contributed by atoms with E-state index in [9.17, 15) is 0 Å². The topological polar surface area (TPSA) is 34.0 Å². The molecule has 0 aromatic heterocycles. The Kier molecular flexibility index (Phi) is 5.39. The van der Waals surface area contributed by atoms with Crippen LogP contribution in [0.4, 0.5) is 0 Å². The first-order chi connectivity index (χ1) is 7.55. The van der Waals surface area contributed by atoms with Gasteiger partial charge in [0.15, 0.2) is 5.72 Å². The van der Waals surface area contributed by atoms with Crippen LogP contribution in [-0.4, -0.2) is 18.9 Å². The van der Waals surface area contributed by atoms with Gasteiger partial charge in [-0.15, -0.1) is 0 Å². The highest BCUT2D eigenvalue weighted by Crippen LogP contribution is 2.27. The Balaban J connectivity index is 2.46. The van der Waals surface area contributed by atoms with Crippen molar-refractivity contribution >= 4 is 0 Å². The molecule has 0 amide bonds. The summed E-state index contributed by atoms with van der Waals surface area (Å²) in [5.74, 6) is 0.721. The van der Waals surface area contributed by atoms with Gasteiger partial charge >= 0.3 is 0 Å². The normalized spacial score (nSPS) is 22.2. The molecule has 3 nitrogen and oxygen atoms in total. The van der Waals surface area contributed by atoms with E-state index in [-0.39, 0.29) is 0 Å². The van der Waals surface area contributed by atoms with Crippen LogP contribution < -0.4 is 0 Å². The van der Waals surface area contributed by atoms with Crippen LogP contribution in [-0.2, 0) is 4.74 Å². The molecule has 0 N–H and O–H groups in total. The lowest BCUT2D eigenvalue weighted by Crippen LogP contribution is -2.20. The summed E-state index contributed by atoms with van der Waals surface area (Å²) in [6, 6.07) is 0.340. The molecule has 1 fully saturated rings.